The lowest BCUT2D eigenvalue weighted by Crippen LogP contribution is -1.99. The number of benzene rings is 1. The molecule has 7 heteroatoms. The fourth-order valence-electron chi connectivity index (χ4n) is 2.08. The Kier molecular flexibility index (Phi) is 3.03. The molecule has 5 nitrogen and oxygen atoms in total. The number of fused-ring (bicyclic) bond motifs is 1. The minimum atomic E-state index is 0.0290. The summed E-state index contributed by atoms with van der Waals surface area (Å²) in [6.07, 6.45) is 0. The van der Waals surface area contributed by atoms with Gasteiger partial charge in [-0.1, -0.05) is 23.2 Å². The van der Waals surface area contributed by atoms with Gasteiger partial charge in [0.1, 0.15) is 22.9 Å². The first-order valence-corrected chi connectivity index (χ1v) is 6.61. The second-order valence-electron chi connectivity index (χ2n) is 4.36. The van der Waals surface area contributed by atoms with Crippen LogP contribution in [-0.2, 0) is 0 Å². The van der Waals surface area contributed by atoms with E-state index in [1.54, 1.807) is 19.1 Å². The molecule has 0 radical (unpaired) electrons. The quantitative estimate of drug-likeness (QED) is 0.699. The standard InChI is InChI=1S/C13H10Cl2N4O/c1-6-16-12(15)11-13(17-6)19(7(2)18-11)8-3-4-10(20)9(14)5-8/h3-5,20H,1-2H3. The molecule has 0 unspecified atom stereocenters. The summed E-state index contributed by atoms with van der Waals surface area (Å²) >= 11 is 12.1. The van der Waals surface area contributed by atoms with Gasteiger partial charge in [0.2, 0.25) is 0 Å². The van der Waals surface area contributed by atoms with Gasteiger partial charge in [-0.15, -0.1) is 0 Å². The lowest BCUT2D eigenvalue weighted by atomic mass is 10.3. The topological polar surface area (TPSA) is 63.8 Å². The van der Waals surface area contributed by atoms with Crippen LogP contribution in [0.3, 0.4) is 0 Å². The van der Waals surface area contributed by atoms with E-state index in [4.69, 9.17) is 23.2 Å². The van der Waals surface area contributed by atoms with E-state index >= 15 is 0 Å². The Balaban J connectivity index is 2.35. The van der Waals surface area contributed by atoms with Crippen LogP contribution in [0.4, 0.5) is 0 Å². The number of hydrogen-bond acceptors (Lipinski definition) is 4. The number of aryl methyl sites for hydroxylation is 2. The van der Waals surface area contributed by atoms with E-state index in [1.165, 1.54) is 6.07 Å². The van der Waals surface area contributed by atoms with Crippen LogP contribution in [0.25, 0.3) is 16.9 Å². The average molecular weight is 309 g/mol. The molecule has 1 N–H and O–H groups in total. The van der Waals surface area contributed by atoms with E-state index in [9.17, 15) is 5.11 Å². The van der Waals surface area contributed by atoms with Gasteiger partial charge in [0.25, 0.3) is 0 Å². The lowest BCUT2D eigenvalue weighted by Gasteiger charge is -2.07. The van der Waals surface area contributed by atoms with Crippen molar-refractivity contribution in [2.45, 2.75) is 13.8 Å². The van der Waals surface area contributed by atoms with E-state index in [2.05, 4.69) is 15.0 Å². The van der Waals surface area contributed by atoms with Gasteiger partial charge in [-0.2, -0.15) is 0 Å². The van der Waals surface area contributed by atoms with Gasteiger partial charge in [-0.25, -0.2) is 15.0 Å². The van der Waals surface area contributed by atoms with Crippen LogP contribution < -0.4 is 0 Å². The van der Waals surface area contributed by atoms with E-state index in [-0.39, 0.29) is 10.8 Å². The van der Waals surface area contributed by atoms with E-state index in [0.29, 0.717) is 28.0 Å². The lowest BCUT2D eigenvalue weighted by molar-refractivity contribution is 0.475. The number of imidazole rings is 1. The SMILES string of the molecule is Cc1nc(Cl)c2nc(C)n(-c3ccc(O)c(Cl)c3)c2n1. The molecule has 102 valence electrons. The van der Waals surface area contributed by atoms with Crippen LogP contribution >= 0.6 is 23.2 Å². The number of halogens is 2. The Labute approximate surface area is 124 Å². The zero-order chi connectivity index (χ0) is 14.4. The molecule has 0 saturated heterocycles. The summed E-state index contributed by atoms with van der Waals surface area (Å²) in [5, 5.41) is 10.1. The maximum absolute atomic E-state index is 9.51. The highest BCUT2D eigenvalue weighted by Crippen LogP contribution is 2.29. The molecule has 0 spiro atoms. The highest BCUT2D eigenvalue weighted by atomic mass is 35.5. The first-order valence-electron chi connectivity index (χ1n) is 5.85. The molecular formula is C13H10Cl2N4O. The molecule has 2 heterocycles. The zero-order valence-electron chi connectivity index (χ0n) is 10.7. The highest BCUT2D eigenvalue weighted by Gasteiger charge is 2.15. The number of nitrogens with zero attached hydrogens (tertiary/aromatic N) is 4. The van der Waals surface area contributed by atoms with Gasteiger partial charge in [-0.05, 0) is 32.0 Å². The van der Waals surface area contributed by atoms with Crippen LogP contribution in [0.5, 0.6) is 5.75 Å². The second-order valence-corrected chi connectivity index (χ2v) is 5.13. The van der Waals surface area contributed by atoms with Gasteiger partial charge in [-0.3, -0.25) is 4.57 Å². The van der Waals surface area contributed by atoms with Gasteiger partial charge in [0, 0.05) is 0 Å². The van der Waals surface area contributed by atoms with Crippen molar-refractivity contribution in [1.29, 1.82) is 0 Å². The van der Waals surface area contributed by atoms with Gasteiger partial charge >= 0.3 is 0 Å². The number of hydrogen-bond donors (Lipinski definition) is 1. The molecule has 2 aromatic heterocycles. The molecule has 0 aliphatic heterocycles. The average Bonchev–Trinajstić information content (AvgIpc) is 2.70. The summed E-state index contributed by atoms with van der Waals surface area (Å²) in [5.74, 6) is 1.30. The van der Waals surface area contributed by atoms with Crippen molar-refractivity contribution in [3.05, 3.63) is 40.0 Å². The van der Waals surface area contributed by atoms with Crippen molar-refractivity contribution in [3.63, 3.8) is 0 Å². The monoisotopic (exact) mass is 308 g/mol. The number of rotatable bonds is 1. The first kappa shape index (κ1) is 13.1. The largest absolute Gasteiger partial charge is 0.506 e. The summed E-state index contributed by atoms with van der Waals surface area (Å²) in [7, 11) is 0. The Morgan fingerprint density at radius 2 is 1.85 bits per heavy atom. The van der Waals surface area contributed by atoms with Crippen LogP contribution in [0.1, 0.15) is 11.6 Å². The van der Waals surface area contributed by atoms with Crippen LogP contribution in [0.2, 0.25) is 10.2 Å². The van der Waals surface area contributed by atoms with E-state index in [1.807, 2.05) is 11.5 Å². The van der Waals surface area contributed by atoms with Crippen LogP contribution in [0.15, 0.2) is 18.2 Å². The number of aromatic hydroxyl groups is 1. The molecule has 0 fully saturated rings. The maximum atomic E-state index is 9.51. The summed E-state index contributed by atoms with van der Waals surface area (Å²) < 4.78 is 1.82. The Bertz CT molecular complexity index is 829. The summed E-state index contributed by atoms with van der Waals surface area (Å²) in [4.78, 5) is 12.9. The summed E-state index contributed by atoms with van der Waals surface area (Å²) in [5.41, 5.74) is 1.91. The Morgan fingerprint density at radius 3 is 2.55 bits per heavy atom. The fraction of sp³-hybridized carbons (Fsp3) is 0.154. The maximum Gasteiger partial charge on any atom is 0.169 e. The van der Waals surface area contributed by atoms with Crippen LogP contribution in [0, 0.1) is 13.8 Å². The Hall–Kier alpha value is -1.85. The third-order valence-electron chi connectivity index (χ3n) is 2.93. The molecule has 3 aromatic rings. The molecule has 20 heavy (non-hydrogen) atoms. The van der Waals surface area contributed by atoms with Crippen molar-refractivity contribution in [2.24, 2.45) is 0 Å². The predicted octanol–water partition coefficient (Wildman–Crippen LogP) is 3.44. The molecule has 0 aliphatic rings. The number of aromatic nitrogens is 4. The number of phenolic OH excluding ortho intramolecular Hbond substituents is 1. The molecule has 3 rings (SSSR count). The van der Waals surface area contributed by atoms with E-state index in [0.717, 1.165) is 5.69 Å². The van der Waals surface area contributed by atoms with E-state index < -0.39 is 0 Å². The van der Waals surface area contributed by atoms with Crippen molar-refractivity contribution >= 4 is 34.4 Å². The number of phenols is 1. The third-order valence-corrected chi connectivity index (χ3v) is 3.50. The molecule has 0 bridgehead atoms. The third kappa shape index (κ3) is 1.99. The minimum absolute atomic E-state index is 0.0290. The van der Waals surface area contributed by atoms with Gasteiger partial charge < -0.3 is 5.11 Å². The second kappa shape index (κ2) is 4.61. The van der Waals surface area contributed by atoms with Crippen molar-refractivity contribution in [1.82, 2.24) is 19.5 Å². The highest BCUT2D eigenvalue weighted by molar-refractivity contribution is 6.33. The fourth-order valence-corrected chi connectivity index (χ4v) is 2.50. The molecular weight excluding hydrogens is 299 g/mol. The minimum Gasteiger partial charge on any atom is -0.506 e. The van der Waals surface area contributed by atoms with Crippen molar-refractivity contribution in [3.8, 4) is 11.4 Å². The van der Waals surface area contributed by atoms with Gasteiger partial charge in [0.05, 0.1) is 10.7 Å². The molecule has 0 saturated carbocycles. The van der Waals surface area contributed by atoms with Crippen molar-refractivity contribution < 1.29 is 5.11 Å². The van der Waals surface area contributed by atoms with Gasteiger partial charge in [0.15, 0.2) is 10.8 Å². The van der Waals surface area contributed by atoms with Crippen molar-refractivity contribution in [2.75, 3.05) is 0 Å². The molecule has 1 aromatic carbocycles. The molecule has 0 aliphatic carbocycles. The molecule has 0 atom stereocenters. The zero-order valence-corrected chi connectivity index (χ0v) is 12.2. The Morgan fingerprint density at radius 1 is 1.10 bits per heavy atom. The molecule has 0 amide bonds. The summed E-state index contributed by atoms with van der Waals surface area (Å²) in [6, 6.07) is 4.91. The predicted molar refractivity (Wildman–Crippen MR) is 77.8 cm³/mol. The normalized spacial score (nSPS) is 11.2. The first-order chi connectivity index (χ1) is 9.47. The smallest absolute Gasteiger partial charge is 0.169 e. The summed E-state index contributed by atoms with van der Waals surface area (Å²) in [6.45, 7) is 3.61. The van der Waals surface area contributed by atoms with Crippen LogP contribution in [-0.4, -0.2) is 24.6 Å².